The number of hydrogen-bond acceptors (Lipinski definition) is 6. The minimum absolute atomic E-state index is 0.188. The number of rotatable bonds is 6. The van der Waals surface area contributed by atoms with Gasteiger partial charge in [-0.15, -0.1) is 0 Å². The average molecular weight is 385 g/mol. The molecule has 6 nitrogen and oxygen atoms in total. The quantitative estimate of drug-likeness (QED) is 0.703. The number of nitriles is 1. The Morgan fingerprint density at radius 1 is 1.30 bits per heavy atom. The summed E-state index contributed by atoms with van der Waals surface area (Å²) >= 11 is 1.43. The smallest absolute Gasteiger partial charge is 0.286 e. The zero-order chi connectivity index (χ0) is 19.1. The molecule has 2 aliphatic heterocycles. The van der Waals surface area contributed by atoms with Gasteiger partial charge in [0.05, 0.1) is 17.6 Å². The Labute approximate surface area is 164 Å². The Morgan fingerprint density at radius 2 is 2.07 bits per heavy atom. The minimum atomic E-state index is -0.188. The van der Waals surface area contributed by atoms with E-state index in [-0.39, 0.29) is 5.91 Å². The van der Waals surface area contributed by atoms with Crippen LogP contribution in [0.5, 0.6) is 5.75 Å². The van der Waals surface area contributed by atoms with Crippen LogP contribution in [0, 0.1) is 11.3 Å². The molecule has 1 fully saturated rings. The van der Waals surface area contributed by atoms with E-state index < -0.39 is 0 Å². The molecular weight excluding hydrogens is 360 g/mol. The van der Waals surface area contributed by atoms with Crippen LogP contribution in [0.4, 0.5) is 0 Å². The van der Waals surface area contributed by atoms with Crippen molar-refractivity contribution < 1.29 is 9.53 Å². The number of thioether (sulfide) groups is 1. The Hall–Kier alpha value is -2.30. The van der Waals surface area contributed by atoms with Crippen molar-refractivity contribution in [2.75, 3.05) is 39.3 Å². The van der Waals surface area contributed by atoms with Crippen molar-refractivity contribution in [3.05, 3.63) is 34.7 Å². The van der Waals surface area contributed by atoms with Gasteiger partial charge in [-0.3, -0.25) is 9.69 Å². The Balaban J connectivity index is 1.63. The summed E-state index contributed by atoms with van der Waals surface area (Å²) in [5.74, 6) is 0.604. The molecule has 3 rings (SSSR count). The number of ether oxygens (including phenoxy) is 1. The first-order valence-corrected chi connectivity index (χ1v) is 10.1. The number of hydrogen-bond donors (Lipinski definition) is 0. The third-order valence-corrected chi connectivity index (χ3v) is 5.50. The zero-order valence-electron chi connectivity index (χ0n) is 15.6. The lowest BCUT2D eigenvalue weighted by atomic mass is 10.2. The Morgan fingerprint density at radius 3 is 2.81 bits per heavy atom. The number of amides is 1. The van der Waals surface area contributed by atoms with Crippen molar-refractivity contribution in [3.63, 3.8) is 0 Å². The highest BCUT2D eigenvalue weighted by atomic mass is 32.2. The maximum atomic E-state index is 12.4. The predicted molar refractivity (Wildman–Crippen MR) is 108 cm³/mol. The molecule has 0 aromatic heterocycles. The van der Waals surface area contributed by atoms with E-state index in [1.54, 1.807) is 0 Å². The summed E-state index contributed by atoms with van der Waals surface area (Å²) in [6, 6.07) is 9.95. The van der Waals surface area contributed by atoms with Gasteiger partial charge in [0, 0.05) is 44.7 Å². The lowest BCUT2D eigenvalue weighted by Gasteiger charge is -2.34. The highest BCUT2D eigenvalue weighted by Crippen LogP contribution is 2.32. The zero-order valence-corrected chi connectivity index (χ0v) is 16.4. The normalized spacial score (nSPS) is 19.3. The molecule has 0 N–H and O–H groups in total. The minimum Gasteiger partial charge on any atom is -0.493 e. The van der Waals surface area contributed by atoms with Gasteiger partial charge in [-0.25, -0.2) is 0 Å². The molecule has 2 aliphatic rings. The van der Waals surface area contributed by atoms with Crippen molar-refractivity contribution >= 4 is 28.9 Å². The van der Waals surface area contributed by atoms with Crippen LogP contribution in [-0.2, 0) is 4.79 Å². The van der Waals surface area contributed by atoms with Gasteiger partial charge in [-0.1, -0.05) is 25.1 Å². The lowest BCUT2D eigenvalue weighted by molar-refractivity contribution is -0.113. The third kappa shape index (κ3) is 5.12. The molecule has 7 heteroatoms. The van der Waals surface area contributed by atoms with E-state index in [1.807, 2.05) is 30.3 Å². The Kier molecular flexibility index (Phi) is 6.91. The first kappa shape index (κ1) is 19.5. The SMILES string of the molecule is CCCOc1ccccc1C=C1SC(N2CCN(CCC#N)CC2)=NC1=O. The molecule has 2 heterocycles. The van der Waals surface area contributed by atoms with E-state index in [1.165, 1.54) is 11.8 Å². The first-order chi connectivity index (χ1) is 13.2. The van der Waals surface area contributed by atoms with E-state index in [0.717, 1.165) is 55.6 Å². The number of nitrogens with zero attached hydrogens (tertiary/aromatic N) is 4. The number of carbonyl (C=O) groups excluding carboxylic acids is 1. The molecule has 0 radical (unpaired) electrons. The van der Waals surface area contributed by atoms with Gasteiger partial charge in [0.15, 0.2) is 5.17 Å². The van der Waals surface area contributed by atoms with Crippen molar-refractivity contribution in [1.82, 2.24) is 9.80 Å². The number of benzene rings is 1. The van der Waals surface area contributed by atoms with E-state index in [0.29, 0.717) is 17.9 Å². The standard InChI is InChI=1S/C20H24N4O2S/c1-2-14-26-17-7-4-3-6-16(17)15-18-19(25)22-20(27-18)24-12-10-23(11-13-24)9-5-8-21/h3-4,6-7,15H,2,5,9-14H2,1H3. The summed E-state index contributed by atoms with van der Waals surface area (Å²) in [7, 11) is 0. The summed E-state index contributed by atoms with van der Waals surface area (Å²) < 4.78 is 5.78. The molecule has 27 heavy (non-hydrogen) atoms. The molecule has 0 atom stereocenters. The van der Waals surface area contributed by atoms with E-state index in [2.05, 4.69) is 27.8 Å². The van der Waals surface area contributed by atoms with Gasteiger partial charge in [-0.05, 0) is 30.3 Å². The molecule has 0 bridgehead atoms. The monoisotopic (exact) mass is 384 g/mol. The van der Waals surface area contributed by atoms with Crippen LogP contribution in [0.15, 0.2) is 34.2 Å². The van der Waals surface area contributed by atoms with E-state index >= 15 is 0 Å². The second-order valence-electron chi connectivity index (χ2n) is 6.43. The summed E-state index contributed by atoms with van der Waals surface area (Å²) in [6.07, 6.45) is 3.37. The van der Waals surface area contributed by atoms with Gasteiger partial charge in [0.25, 0.3) is 5.91 Å². The number of amidine groups is 1. The largest absolute Gasteiger partial charge is 0.493 e. The topological polar surface area (TPSA) is 68.9 Å². The van der Waals surface area contributed by atoms with Gasteiger partial charge in [0.2, 0.25) is 0 Å². The molecule has 0 unspecified atom stereocenters. The van der Waals surface area contributed by atoms with Crippen LogP contribution in [0.2, 0.25) is 0 Å². The van der Waals surface area contributed by atoms with Gasteiger partial charge in [-0.2, -0.15) is 10.3 Å². The summed E-state index contributed by atoms with van der Waals surface area (Å²) in [5, 5.41) is 9.48. The summed E-state index contributed by atoms with van der Waals surface area (Å²) in [4.78, 5) is 21.7. The van der Waals surface area contributed by atoms with Crippen LogP contribution >= 0.6 is 11.8 Å². The van der Waals surface area contributed by atoms with Crippen molar-refractivity contribution in [1.29, 1.82) is 5.26 Å². The van der Waals surface area contributed by atoms with Crippen molar-refractivity contribution in [2.45, 2.75) is 19.8 Å². The number of para-hydroxylation sites is 1. The molecule has 1 amide bonds. The second kappa shape index (κ2) is 9.58. The fourth-order valence-corrected chi connectivity index (χ4v) is 3.94. The summed E-state index contributed by atoms with van der Waals surface area (Å²) in [6.45, 7) is 6.96. The number of piperazine rings is 1. The highest BCUT2D eigenvalue weighted by Gasteiger charge is 2.28. The van der Waals surface area contributed by atoms with Crippen LogP contribution in [-0.4, -0.2) is 60.2 Å². The Bertz CT molecular complexity index is 776. The fourth-order valence-electron chi connectivity index (χ4n) is 2.99. The maximum Gasteiger partial charge on any atom is 0.286 e. The molecule has 0 aliphatic carbocycles. The van der Waals surface area contributed by atoms with Crippen LogP contribution in [0.1, 0.15) is 25.3 Å². The van der Waals surface area contributed by atoms with Crippen LogP contribution in [0.3, 0.4) is 0 Å². The molecule has 1 aromatic rings. The molecule has 1 saturated heterocycles. The first-order valence-electron chi connectivity index (χ1n) is 9.30. The van der Waals surface area contributed by atoms with Crippen LogP contribution < -0.4 is 4.74 Å². The van der Waals surface area contributed by atoms with Crippen molar-refractivity contribution in [2.24, 2.45) is 4.99 Å². The van der Waals surface area contributed by atoms with Crippen molar-refractivity contribution in [3.8, 4) is 11.8 Å². The predicted octanol–water partition coefficient (Wildman–Crippen LogP) is 2.98. The number of carbonyl (C=O) groups is 1. The maximum absolute atomic E-state index is 12.4. The van der Waals surface area contributed by atoms with E-state index in [4.69, 9.17) is 10.00 Å². The molecule has 142 valence electrons. The average Bonchev–Trinajstić information content (AvgIpc) is 3.06. The summed E-state index contributed by atoms with van der Waals surface area (Å²) in [5.41, 5.74) is 0.902. The highest BCUT2D eigenvalue weighted by molar-refractivity contribution is 8.18. The van der Waals surface area contributed by atoms with E-state index in [9.17, 15) is 4.79 Å². The molecular formula is C20H24N4O2S. The van der Waals surface area contributed by atoms with Gasteiger partial charge in [0.1, 0.15) is 5.75 Å². The lowest BCUT2D eigenvalue weighted by Crippen LogP contribution is -2.47. The molecule has 0 saturated carbocycles. The van der Waals surface area contributed by atoms with Crippen LogP contribution in [0.25, 0.3) is 6.08 Å². The third-order valence-electron chi connectivity index (χ3n) is 4.46. The fraction of sp³-hybridized carbons (Fsp3) is 0.450. The molecule has 1 aromatic carbocycles. The number of aliphatic imine (C=N–C) groups is 1. The van der Waals surface area contributed by atoms with Gasteiger partial charge >= 0.3 is 0 Å². The second-order valence-corrected chi connectivity index (χ2v) is 7.44. The molecule has 0 spiro atoms. The van der Waals surface area contributed by atoms with Gasteiger partial charge < -0.3 is 9.64 Å².